The molecule has 0 rings (SSSR count). The maximum Gasteiger partial charge on any atom is 0.511 e. The molecule has 0 saturated carbocycles. The number of hydrogen-bond acceptors (Lipinski definition) is 10. The van der Waals surface area contributed by atoms with Gasteiger partial charge in [0.1, 0.15) is 25.9 Å². The summed E-state index contributed by atoms with van der Waals surface area (Å²) in [5.74, 6) is 0. The third kappa shape index (κ3) is 9.02. The summed E-state index contributed by atoms with van der Waals surface area (Å²) in [6, 6.07) is 0. The Labute approximate surface area is 108 Å². The minimum atomic E-state index is -1.70. The number of carbonyl (C=O) groups is 2. The van der Waals surface area contributed by atoms with E-state index in [0.717, 1.165) is 0 Å². The molecule has 0 fully saturated rings. The maximum absolute atomic E-state index is 10.9. The minimum Gasteiger partial charge on any atom is -0.430 e. The number of aliphatic hydroxyl groups excluding tert-OH is 4. The van der Waals surface area contributed by atoms with Gasteiger partial charge in [0, 0.05) is 0 Å². The van der Waals surface area contributed by atoms with Gasteiger partial charge in [0.15, 0.2) is 0 Å². The van der Waals surface area contributed by atoms with Crippen molar-refractivity contribution < 1.29 is 49.0 Å². The maximum atomic E-state index is 10.9. The molecule has 4 N–H and O–H groups in total. The van der Waals surface area contributed by atoms with Gasteiger partial charge in [-0.05, 0) is 6.92 Å². The minimum absolute atomic E-state index is 0.401. The van der Waals surface area contributed by atoms with Crippen LogP contribution in [0.15, 0.2) is 0 Å². The molecule has 0 bridgehead atoms. The first-order valence-electron chi connectivity index (χ1n) is 5.17. The molecule has 0 aliphatic carbocycles. The largest absolute Gasteiger partial charge is 0.511 e. The highest BCUT2D eigenvalue weighted by Crippen LogP contribution is 1.99. The summed E-state index contributed by atoms with van der Waals surface area (Å²) >= 11 is 0. The third-order valence-corrected chi connectivity index (χ3v) is 1.51. The number of ether oxygens (including phenoxy) is 4. The molecule has 0 saturated heterocycles. The normalized spacial score (nSPS) is 15.0. The summed E-state index contributed by atoms with van der Waals surface area (Å²) < 4.78 is 17.3. The van der Waals surface area contributed by atoms with Gasteiger partial charge in [0.2, 0.25) is 12.6 Å². The molecule has 10 heteroatoms. The van der Waals surface area contributed by atoms with Gasteiger partial charge < -0.3 is 39.4 Å². The first-order chi connectivity index (χ1) is 8.88. The molecule has 0 aromatic rings. The fourth-order valence-corrected chi connectivity index (χ4v) is 0.742. The average molecular weight is 284 g/mol. The van der Waals surface area contributed by atoms with Gasteiger partial charge in [-0.2, -0.15) is 0 Å². The predicted octanol–water partition coefficient (Wildman–Crippen LogP) is -1.70. The monoisotopic (exact) mass is 284 g/mol. The Balaban J connectivity index is 3.83. The third-order valence-electron chi connectivity index (χ3n) is 1.51. The van der Waals surface area contributed by atoms with E-state index in [9.17, 15) is 9.59 Å². The summed E-state index contributed by atoms with van der Waals surface area (Å²) in [5, 5.41) is 34.3. The number of rotatable bonds is 7. The number of aliphatic hydroxyl groups is 4. The predicted molar refractivity (Wildman–Crippen MR) is 55.6 cm³/mol. The van der Waals surface area contributed by atoms with Crippen LogP contribution >= 0.6 is 0 Å². The van der Waals surface area contributed by atoms with Crippen LogP contribution < -0.4 is 0 Å². The van der Waals surface area contributed by atoms with Crippen LogP contribution in [0.1, 0.15) is 6.92 Å². The Morgan fingerprint density at radius 3 is 1.89 bits per heavy atom. The van der Waals surface area contributed by atoms with Crippen molar-refractivity contribution in [2.45, 2.75) is 25.6 Å². The van der Waals surface area contributed by atoms with Gasteiger partial charge in [-0.15, -0.1) is 0 Å². The summed E-state index contributed by atoms with van der Waals surface area (Å²) in [6.07, 6.45) is -6.85. The highest BCUT2D eigenvalue weighted by atomic mass is 16.8. The van der Waals surface area contributed by atoms with Crippen molar-refractivity contribution in [3.05, 3.63) is 0 Å². The van der Waals surface area contributed by atoms with E-state index in [1.54, 1.807) is 0 Å². The molecular formula is C9H16O10. The summed E-state index contributed by atoms with van der Waals surface area (Å²) in [4.78, 5) is 21.8. The molecule has 10 nitrogen and oxygen atoms in total. The lowest BCUT2D eigenvalue weighted by molar-refractivity contribution is -0.121. The second-order valence-electron chi connectivity index (χ2n) is 3.25. The highest BCUT2D eigenvalue weighted by molar-refractivity contribution is 5.61. The van der Waals surface area contributed by atoms with Crippen molar-refractivity contribution in [2.24, 2.45) is 0 Å². The zero-order valence-corrected chi connectivity index (χ0v) is 10.1. The first-order valence-corrected chi connectivity index (χ1v) is 5.17. The van der Waals surface area contributed by atoms with E-state index in [4.69, 9.17) is 20.4 Å². The standard InChI is InChI=1S/C9H16O10/c1-5(17-9(15)19-7(13)3-11)4-16-8(14)18-6(12)2-10/h5-7,10-13H,2-4H2,1H3. The summed E-state index contributed by atoms with van der Waals surface area (Å²) in [5.41, 5.74) is 0. The van der Waals surface area contributed by atoms with E-state index in [1.165, 1.54) is 6.92 Å². The van der Waals surface area contributed by atoms with Crippen molar-refractivity contribution in [2.75, 3.05) is 19.8 Å². The van der Waals surface area contributed by atoms with Gasteiger partial charge in [0.25, 0.3) is 0 Å². The fraction of sp³-hybridized carbons (Fsp3) is 0.778. The summed E-state index contributed by atoms with van der Waals surface area (Å²) in [6.45, 7) is -0.623. The van der Waals surface area contributed by atoms with E-state index in [-0.39, 0.29) is 0 Å². The molecule has 0 spiro atoms. The molecule has 0 aliphatic rings. The summed E-state index contributed by atoms with van der Waals surface area (Å²) in [7, 11) is 0. The van der Waals surface area contributed by atoms with Gasteiger partial charge >= 0.3 is 12.3 Å². The Kier molecular flexibility index (Phi) is 8.53. The highest BCUT2D eigenvalue weighted by Gasteiger charge is 2.17. The van der Waals surface area contributed by atoms with Gasteiger partial charge in [-0.25, -0.2) is 9.59 Å². The van der Waals surface area contributed by atoms with Gasteiger partial charge in [0.05, 0.1) is 0 Å². The first kappa shape index (κ1) is 17.4. The molecule has 112 valence electrons. The van der Waals surface area contributed by atoms with Crippen LogP contribution in [-0.4, -0.2) is 71.2 Å². The van der Waals surface area contributed by atoms with E-state index in [2.05, 4.69) is 18.9 Å². The lowest BCUT2D eigenvalue weighted by Gasteiger charge is -2.15. The quantitative estimate of drug-likeness (QED) is 0.314. The smallest absolute Gasteiger partial charge is 0.430 e. The van der Waals surface area contributed by atoms with E-state index >= 15 is 0 Å². The Hall–Kier alpha value is -1.62. The number of hydrogen-bond donors (Lipinski definition) is 4. The van der Waals surface area contributed by atoms with E-state index in [0.29, 0.717) is 0 Å². The Bertz CT molecular complexity index is 280. The molecule has 0 radical (unpaired) electrons. The topological polar surface area (TPSA) is 152 Å². The van der Waals surface area contributed by atoms with Gasteiger partial charge in [-0.3, -0.25) is 0 Å². The van der Waals surface area contributed by atoms with Crippen molar-refractivity contribution >= 4 is 12.3 Å². The van der Waals surface area contributed by atoms with Crippen LogP contribution in [0.2, 0.25) is 0 Å². The molecule has 0 amide bonds. The SMILES string of the molecule is CC(COC(=O)OC(O)CO)OC(=O)OC(O)CO. The molecule has 3 unspecified atom stereocenters. The van der Waals surface area contributed by atoms with Crippen molar-refractivity contribution in [3.8, 4) is 0 Å². The zero-order valence-electron chi connectivity index (χ0n) is 10.1. The fourth-order valence-electron chi connectivity index (χ4n) is 0.742. The van der Waals surface area contributed by atoms with Crippen LogP contribution in [0.4, 0.5) is 9.59 Å². The molecular weight excluding hydrogens is 268 g/mol. The van der Waals surface area contributed by atoms with Crippen LogP contribution in [0.3, 0.4) is 0 Å². The van der Waals surface area contributed by atoms with Crippen LogP contribution in [0.5, 0.6) is 0 Å². The zero-order chi connectivity index (χ0) is 14.8. The van der Waals surface area contributed by atoms with Crippen LogP contribution in [0.25, 0.3) is 0 Å². The van der Waals surface area contributed by atoms with Crippen LogP contribution in [-0.2, 0) is 18.9 Å². The van der Waals surface area contributed by atoms with Crippen LogP contribution in [0, 0.1) is 0 Å². The second kappa shape index (κ2) is 9.33. The van der Waals surface area contributed by atoms with Crippen molar-refractivity contribution in [1.82, 2.24) is 0 Å². The molecule has 3 atom stereocenters. The second-order valence-corrected chi connectivity index (χ2v) is 3.25. The van der Waals surface area contributed by atoms with Crippen molar-refractivity contribution in [3.63, 3.8) is 0 Å². The molecule has 0 heterocycles. The number of carbonyl (C=O) groups excluding carboxylic acids is 2. The Morgan fingerprint density at radius 2 is 1.42 bits per heavy atom. The lowest BCUT2D eigenvalue weighted by atomic mass is 10.4. The lowest BCUT2D eigenvalue weighted by Crippen LogP contribution is -2.28. The van der Waals surface area contributed by atoms with E-state index in [1.807, 2.05) is 0 Å². The average Bonchev–Trinajstić information content (AvgIpc) is 2.35. The molecule has 0 aromatic carbocycles. The van der Waals surface area contributed by atoms with E-state index < -0.39 is 50.8 Å². The molecule has 0 aliphatic heterocycles. The Morgan fingerprint density at radius 1 is 0.947 bits per heavy atom. The molecule has 19 heavy (non-hydrogen) atoms. The van der Waals surface area contributed by atoms with Gasteiger partial charge in [-0.1, -0.05) is 0 Å². The molecule has 0 aromatic heterocycles. The van der Waals surface area contributed by atoms with Crippen molar-refractivity contribution in [1.29, 1.82) is 0 Å².